The third-order valence-corrected chi connectivity index (χ3v) is 0.401. The smallest absolute Gasteiger partial charge is 1.00 e. The first-order chi connectivity index (χ1) is 1.91. The molecule has 0 saturated heterocycles. The van der Waals surface area contributed by atoms with Gasteiger partial charge in [0, 0.05) is 4.99 Å². The van der Waals surface area contributed by atoms with E-state index in [1.54, 1.807) is 4.99 Å². The molecular weight excluding hydrogens is 140 g/mol. The first-order valence-corrected chi connectivity index (χ1v) is 1.78. The summed E-state index contributed by atoms with van der Waals surface area (Å²) in [6.45, 7) is 3.25. The number of hydrogen-bond acceptors (Lipinski definition) is 0. The molecule has 0 rings (SSSR count). The van der Waals surface area contributed by atoms with Crippen molar-refractivity contribution in [2.45, 2.75) is 0 Å². The van der Waals surface area contributed by atoms with Crippen molar-refractivity contribution >= 4 is 39.0 Å². The first-order valence-electron chi connectivity index (χ1n) is 0.860. The van der Waals surface area contributed by atoms with Crippen molar-refractivity contribution in [2.75, 3.05) is 0 Å². The molecule has 0 aromatic rings. The molecule has 0 nitrogen and oxygen atoms in total. The van der Waals surface area contributed by atoms with Crippen LogP contribution in [0, 0.1) is 0 Å². The largest absolute Gasteiger partial charge is 2.00 e. The Kier molecular flexibility index (Phi) is 16.3. The molecule has 26 valence electrons. The molecule has 0 bridgehead atoms. The van der Waals surface area contributed by atoms with Gasteiger partial charge < -0.3 is 2.85 Å². The molecule has 2 heteroatoms. The van der Waals surface area contributed by atoms with Crippen LogP contribution in [0.4, 0.5) is 0 Å². The minimum absolute atomic E-state index is 0. The zero-order valence-corrected chi connectivity index (χ0v) is 5.87. The van der Waals surface area contributed by atoms with E-state index in [9.17, 15) is 0 Å². The van der Waals surface area contributed by atoms with Gasteiger partial charge in [0.2, 0.25) is 0 Å². The Morgan fingerprint density at radius 2 is 2.20 bits per heavy atom. The third-order valence-electron chi connectivity index (χ3n) is 0.0772. The summed E-state index contributed by atoms with van der Waals surface area (Å²) in [4.78, 5) is 1.58. The van der Waals surface area contributed by atoms with E-state index in [1.807, 2.05) is 0 Å². The minimum Gasteiger partial charge on any atom is -1.00 e. The van der Waals surface area contributed by atoms with E-state index in [0.717, 1.165) is 0 Å². The van der Waals surface area contributed by atoms with Gasteiger partial charge in [-0.3, -0.25) is 0 Å². The Morgan fingerprint density at radius 3 is 2.20 bits per heavy atom. The van der Waals surface area contributed by atoms with Crippen molar-refractivity contribution < 1.29 is 2.85 Å². The first kappa shape index (κ1) is 9.23. The zero-order chi connectivity index (χ0) is 3.41. The number of halogens is 1. The molecule has 0 aromatic carbocycles. The predicted molar refractivity (Wildman–Crippen MR) is 30.6 cm³/mol. The van der Waals surface area contributed by atoms with Crippen molar-refractivity contribution in [1.29, 1.82) is 0 Å². The Balaban J connectivity index is -0.0000000150. The summed E-state index contributed by atoms with van der Waals surface area (Å²) in [6.07, 6.45) is 0. The van der Waals surface area contributed by atoms with Gasteiger partial charge in [0.05, 0.1) is 0 Å². The Labute approximate surface area is 59.2 Å². The average molecular weight is 145 g/mol. The molecule has 0 fully saturated rings. The van der Waals surface area contributed by atoms with Gasteiger partial charge in [-0.15, -0.1) is 5.73 Å². The summed E-state index contributed by atoms with van der Waals surface area (Å²) in [7, 11) is 0. The quantitative estimate of drug-likeness (QED) is 0.358. The summed E-state index contributed by atoms with van der Waals surface area (Å²) < 4.78 is 0. The maximum Gasteiger partial charge on any atom is 2.00 e. The second kappa shape index (κ2) is 8.84. The van der Waals surface area contributed by atoms with Gasteiger partial charge in [-0.1, -0.05) is 22.5 Å². The van der Waals surface area contributed by atoms with Gasteiger partial charge >= 0.3 is 23.1 Å². The van der Waals surface area contributed by atoms with Crippen molar-refractivity contribution in [3.63, 3.8) is 0 Å². The van der Waals surface area contributed by atoms with Gasteiger partial charge in [0.25, 0.3) is 0 Å². The van der Waals surface area contributed by atoms with Crippen LogP contribution in [0.15, 0.2) is 17.3 Å². The molecule has 0 saturated carbocycles. The fraction of sp³-hybridized carbons (Fsp3) is 0. The molecule has 0 aliphatic carbocycles. The van der Waals surface area contributed by atoms with Gasteiger partial charge in [-0.2, -0.15) is 0 Å². The molecule has 0 amide bonds. The maximum absolute atomic E-state index is 3.25. The van der Waals surface area contributed by atoms with Crippen LogP contribution in [0.25, 0.3) is 0 Å². The minimum atomic E-state index is 0. The van der Waals surface area contributed by atoms with Crippen molar-refractivity contribution in [3.05, 3.63) is 17.3 Å². The van der Waals surface area contributed by atoms with E-state index in [0.29, 0.717) is 0 Å². The van der Waals surface area contributed by atoms with Crippen LogP contribution in [0.1, 0.15) is 2.85 Å². The summed E-state index contributed by atoms with van der Waals surface area (Å²) in [5, 5.41) is 0. The normalized spacial score (nSPS) is 3.40. The second-order valence-corrected chi connectivity index (χ2v) is 0.771. The molecular formula is C3H5BrMg. The van der Waals surface area contributed by atoms with Crippen molar-refractivity contribution in [2.24, 2.45) is 0 Å². The summed E-state index contributed by atoms with van der Waals surface area (Å²) in [5.74, 6) is 0. The summed E-state index contributed by atoms with van der Waals surface area (Å²) in [5.41, 5.74) is 2.47. The van der Waals surface area contributed by atoms with E-state index < -0.39 is 0 Å². The van der Waals surface area contributed by atoms with Crippen molar-refractivity contribution in [3.8, 4) is 0 Å². The molecule has 0 aromatic heterocycles. The Hall–Kier alpha value is 0.766. The van der Waals surface area contributed by atoms with Crippen LogP contribution in [0.2, 0.25) is 0 Å². The topological polar surface area (TPSA) is 0 Å². The summed E-state index contributed by atoms with van der Waals surface area (Å²) >= 11 is 2.95. The molecule has 0 radical (unpaired) electrons. The standard InChI is InChI=1S/C3H3Br.Mg.2H/c1-2-3-4;;;/h3H,1H2;;;/q;+2;2*-1. The SMILES string of the molecule is C=C=CBr.[H-].[H-].[Mg+2]. The monoisotopic (exact) mass is 144 g/mol. The van der Waals surface area contributed by atoms with Crippen molar-refractivity contribution in [1.82, 2.24) is 0 Å². The maximum atomic E-state index is 3.25. The molecule has 0 N–H and O–H groups in total. The molecule has 0 heterocycles. The molecule has 0 unspecified atom stereocenters. The van der Waals surface area contributed by atoms with Crippen LogP contribution in [0.5, 0.6) is 0 Å². The Bertz CT molecular complexity index is 50.9. The van der Waals surface area contributed by atoms with E-state index in [-0.39, 0.29) is 25.9 Å². The zero-order valence-electron chi connectivity index (χ0n) is 4.87. The van der Waals surface area contributed by atoms with Crippen LogP contribution < -0.4 is 0 Å². The third kappa shape index (κ3) is 11.7. The second-order valence-electron chi connectivity index (χ2n) is 0.313. The van der Waals surface area contributed by atoms with E-state index in [4.69, 9.17) is 0 Å². The molecule has 0 aliphatic heterocycles. The Morgan fingerprint density at radius 1 is 2.00 bits per heavy atom. The van der Waals surface area contributed by atoms with E-state index >= 15 is 0 Å². The molecule has 0 spiro atoms. The number of rotatable bonds is 0. The van der Waals surface area contributed by atoms with Gasteiger partial charge in [-0.05, 0) is 0 Å². The van der Waals surface area contributed by atoms with Crippen LogP contribution in [-0.2, 0) is 0 Å². The van der Waals surface area contributed by atoms with Crippen LogP contribution in [0.3, 0.4) is 0 Å². The molecule has 5 heavy (non-hydrogen) atoms. The van der Waals surface area contributed by atoms with Crippen LogP contribution in [-0.4, -0.2) is 23.1 Å². The van der Waals surface area contributed by atoms with Gasteiger partial charge in [-0.25, -0.2) is 0 Å². The van der Waals surface area contributed by atoms with Crippen LogP contribution >= 0.6 is 15.9 Å². The number of hydrogen-bond donors (Lipinski definition) is 0. The molecule has 0 aliphatic rings. The summed E-state index contributed by atoms with van der Waals surface area (Å²) in [6, 6.07) is 0. The molecule has 0 atom stereocenters. The van der Waals surface area contributed by atoms with E-state index in [2.05, 4.69) is 28.2 Å². The van der Waals surface area contributed by atoms with E-state index in [1.165, 1.54) is 0 Å². The average Bonchev–Trinajstić information content (AvgIpc) is 1.37. The predicted octanol–water partition coefficient (Wildman–Crippen LogP) is 1.52. The fourth-order valence-corrected chi connectivity index (χ4v) is 0. The van der Waals surface area contributed by atoms with Gasteiger partial charge in [0.1, 0.15) is 0 Å². The fourth-order valence-electron chi connectivity index (χ4n) is 0. The van der Waals surface area contributed by atoms with Gasteiger partial charge in [0.15, 0.2) is 0 Å².